The van der Waals surface area contributed by atoms with Gasteiger partial charge in [-0.2, -0.15) is 4.98 Å². The summed E-state index contributed by atoms with van der Waals surface area (Å²) in [5, 5.41) is 0. The number of amides is 1. The van der Waals surface area contributed by atoms with Gasteiger partial charge in [-0.3, -0.25) is 4.79 Å². The number of benzene rings is 3. The molecule has 11 heteroatoms. The molecule has 4 bridgehead atoms. The first kappa shape index (κ1) is 30.3. The monoisotopic (exact) mass is 625 g/mol. The van der Waals surface area contributed by atoms with Crippen LogP contribution in [0, 0.1) is 19.3 Å². The molecule has 0 fully saturated rings. The second kappa shape index (κ2) is 11.6. The fourth-order valence-electron chi connectivity index (χ4n) is 5.68. The summed E-state index contributed by atoms with van der Waals surface area (Å²) in [5.41, 5.74) is 4.62. The summed E-state index contributed by atoms with van der Waals surface area (Å²) in [6, 6.07) is 20.5. The number of nitrogens with one attached hydrogen (secondary N) is 1. The average Bonchev–Trinajstić information content (AvgIpc) is 3.39. The predicted molar refractivity (Wildman–Crippen MR) is 171 cm³/mol. The Morgan fingerprint density at radius 1 is 0.933 bits per heavy atom. The molecular weight excluding hydrogens is 590 g/mol. The van der Waals surface area contributed by atoms with Crippen molar-refractivity contribution in [1.29, 1.82) is 0 Å². The largest absolute Gasteiger partial charge is 0.475 e. The van der Waals surface area contributed by atoms with Crippen LogP contribution in [-0.2, 0) is 16.6 Å². The van der Waals surface area contributed by atoms with Gasteiger partial charge in [-0.25, -0.2) is 23.1 Å². The van der Waals surface area contributed by atoms with E-state index in [0.29, 0.717) is 29.1 Å². The van der Waals surface area contributed by atoms with E-state index in [-0.39, 0.29) is 46.8 Å². The van der Waals surface area contributed by atoms with Crippen molar-refractivity contribution in [2.45, 2.75) is 58.5 Å². The highest BCUT2D eigenvalue weighted by molar-refractivity contribution is 7.92. The Labute approximate surface area is 262 Å². The number of carbonyl (C=O) groups is 1. The quantitative estimate of drug-likeness (QED) is 0.238. The van der Waals surface area contributed by atoms with Crippen LogP contribution in [0.25, 0.3) is 22.4 Å². The number of sulfonamides is 1. The number of carbonyl (C=O) groups excluding carboxylic acids is 1. The zero-order valence-corrected chi connectivity index (χ0v) is 26.7. The van der Waals surface area contributed by atoms with Crippen LogP contribution >= 0.6 is 0 Å². The molecule has 0 radical (unpaired) electrons. The zero-order chi connectivity index (χ0) is 31.9. The lowest BCUT2D eigenvalue weighted by molar-refractivity contribution is 0.0489. The molecule has 1 aliphatic heterocycles. The molecule has 6 rings (SSSR count). The number of para-hydroxylation sites is 2. The highest BCUT2D eigenvalue weighted by Crippen LogP contribution is 2.32. The highest BCUT2D eigenvalue weighted by atomic mass is 32.2. The molecule has 1 amide bonds. The van der Waals surface area contributed by atoms with E-state index >= 15 is 0 Å². The molecule has 0 saturated heterocycles. The molecule has 5 aromatic rings. The molecule has 10 nitrogen and oxygen atoms in total. The first-order valence-corrected chi connectivity index (χ1v) is 16.2. The van der Waals surface area contributed by atoms with E-state index in [1.165, 1.54) is 12.1 Å². The van der Waals surface area contributed by atoms with Gasteiger partial charge in [0.15, 0.2) is 5.58 Å². The lowest BCUT2D eigenvalue weighted by Gasteiger charge is -2.35. The number of hydrogen-bond acceptors (Lipinski definition) is 8. The van der Waals surface area contributed by atoms with Crippen LogP contribution in [0.5, 0.6) is 5.88 Å². The normalized spacial score (nSPS) is 16.7. The van der Waals surface area contributed by atoms with Gasteiger partial charge in [0.25, 0.3) is 15.9 Å². The summed E-state index contributed by atoms with van der Waals surface area (Å²) in [5.74, 6) is 0.0385. The second-order valence-corrected chi connectivity index (χ2v) is 14.2. The maximum absolute atomic E-state index is 14.3. The molecule has 1 aliphatic rings. The Kier molecular flexibility index (Phi) is 7.82. The number of nitrogens with zero attached hydrogens (tertiary/aromatic N) is 4. The summed E-state index contributed by atoms with van der Waals surface area (Å²) in [6.45, 7) is 10.4. The van der Waals surface area contributed by atoms with E-state index < -0.39 is 16.1 Å². The van der Waals surface area contributed by atoms with Gasteiger partial charge in [-0.05, 0) is 67.1 Å². The molecule has 2 aromatic heterocycles. The third-order valence-electron chi connectivity index (χ3n) is 7.67. The minimum Gasteiger partial charge on any atom is -0.475 e. The lowest BCUT2D eigenvalue weighted by Crippen LogP contribution is -2.45. The standard InChI is InChI=1S/C34H35N5O5S/c1-21-10-8-11-22(2)31(21)27-17-29-37-33(36-27)38-45(41,42)25-13-9-12-23(16-25)32(40)39(24(20-43-29)18-34(3,4)5)19-30-35-26-14-6-7-15-28(26)44-30/h6-17,24H,18-20H2,1-5H3,(H,36,37,38)/t24-/m1/s1. The fourth-order valence-corrected chi connectivity index (χ4v) is 6.67. The van der Waals surface area contributed by atoms with Crippen LogP contribution in [0.2, 0.25) is 0 Å². The van der Waals surface area contributed by atoms with Crippen LogP contribution in [0.3, 0.4) is 0 Å². The minimum absolute atomic E-state index is 0.0511. The predicted octanol–water partition coefficient (Wildman–Crippen LogP) is 6.54. The first-order chi connectivity index (χ1) is 21.4. The van der Waals surface area contributed by atoms with Crippen LogP contribution in [0.4, 0.5) is 5.95 Å². The molecular formula is C34H35N5O5S. The van der Waals surface area contributed by atoms with Gasteiger partial charge in [0.1, 0.15) is 12.1 Å². The van der Waals surface area contributed by atoms with Gasteiger partial charge in [0.2, 0.25) is 17.7 Å². The van der Waals surface area contributed by atoms with E-state index in [0.717, 1.165) is 16.7 Å². The van der Waals surface area contributed by atoms with Gasteiger partial charge in [0, 0.05) is 17.2 Å². The van der Waals surface area contributed by atoms with Gasteiger partial charge in [-0.1, -0.05) is 57.2 Å². The number of hydrogen-bond donors (Lipinski definition) is 1. The second-order valence-electron chi connectivity index (χ2n) is 12.6. The summed E-state index contributed by atoms with van der Waals surface area (Å²) < 4.78 is 42.1. The van der Waals surface area contributed by atoms with Crippen molar-refractivity contribution in [3.63, 3.8) is 0 Å². The van der Waals surface area contributed by atoms with E-state index in [9.17, 15) is 13.2 Å². The molecule has 3 aromatic carbocycles. The molecule has 1 N–H and O–H groups in total. The van der Waals surface area contributed by atoms with Crippen molar-refractivity contribution in [3.8, 4) is 17.1 Å². The Balaban J connectivity index is 1.50. The number of oxazole rings is 1. The first-order valence-electron chi connectivity index (χ1n) is 14.7. The molecule has 232 valence electrons. The van der Waals surface area contributed by atoms with E-state index in [2.05, 4.69) is 40.4 Å². The van der Waals surface area contributed by atoms with Crippen molar-refractivity contribution in [2.24, 2.45) is 5.41 Å². The fraction of sp³-hybridized carbons (Fsp3) is 0.294. The SMILES string of the molecule is Cc1cccc(C)c1-c1cc2nc(n1)NS(=O)(=O)c1cccc(c1)C(=O)N(Cc1nc3ccccc3o1)[C@H](CC(C)(C)C)CO2. The molecule has 0 aliphatic carbocycles. The molecule has 3 heterocycles. The maximum atomic E-state index is 14.3. The summed E-state index contributed by atoms with van der Waals surface area (Å²) in [7, 11) is -4.17. The van der Waals surface area contributed by atoms with Gasteiger partial charge < -0.3 is 14.1 Å². The van der Waals surface area contributed by atoms with Crippen molar-refractivity contribution in [2.75, 3.05) is 11.3 Å². The van der Waals surface area contributed by atoms with Crippen molar-refractivity contribution >= 4 is 33.0 Å². The lowest BCUT2D eigenvalue weighted by atomic mass is 9.87. The van der Waals surface area contributed by atoms with Crippen molar-refractivity contribution < 1.29 is 22.4 Å². The van der Waals surface area contributed by atoms with E-state index in [1.807, 2.05) is 56.3 Å². The Morgan fingerprint density at radius 2 is 1.67 bits per heavy atom. The number of aryl methyl sites for hydroxylation is 2. The van der Waals surface area contributed by atoms with Crippen molar-refractivity contribution in [1.82, 2.24) is 19.9 Å². The average molecular weight is 626 g/mol. The molecule has 0 saturated carbocycles. The molecule has 1 atom stereocenters. The summed E-state index contributed by atoms with van der Waals surface area (Å²) in [4.78, 5) is 29.5. The summed E-state index contributed by atoms with van der Waals surface area (Å²) in [6.07, 6.45) is 0.566. The van der Waals surface area contributed by atoms with E-state index in [1.54, 1.807) is 23.1 Å². The van der Waals surface area contributed by atoms with Crippen LogP contribution in [-0.4, -0.2) is 46.8 Å². The third kappa shape index (κ3) is 6.53. The van der Waals surface area contributed by atoms with Gasteiger partial charge >= 0.3 is 0 Å². The van der Waals surface area contributed by atoms with Crippen LogP contribution < -0.4 is 9.46 Å². The molecule has 0 unspecified atom stereocenters. The van der Waals surface area contributed by atoms with Gasteiger partial charge in [-0.15, -0.1) is 0 Å². The summed E-state index contributed by atoms with van der Waals surface area (Å²) >= 11 is 0. The van der Waals surface area contributed by atoms with Gasteiger partial charge in [0.05, 0.1) is 23.2 Å². The topological polar surface area (TPSA) is 128 Å². The Hall–Kier alpha value is -4.77. The smallest absolute Gasteiger partial charge is 0.264 e. The number of rotatable bonds is 4. The third-order valence-corrected chi connectivity index (χ3v) is 9.00. The molecule has 45 heavy (non-hydrogen) atoms. The number of anilines is 1. The van der Waals surface area contributed by atoms with Crippen LogP contribution in [0.15, 0.2) is 82.1 Å². The zero-order valence-electron chi connectivity index (χ0n) is 25.9. The minimum atomic E-state index is -4.17. The Morgan fingerprint density at radius 3 is 2.40 bits per heavy atom. The number of aromatic nitrogens is 3. The molecule has 0 spiro atoms. The highest BCUT2D eigenvalue weighted by Gasteiger charge is 2.32. The maximum Gasteiger partial charge on any atom is 0.264 e. The Bertz CT molecular complexity index is 1960. The number of fused-ring (bicyclic) bond motifs is 5. The van der Waals surface area contributed by atoms with Crippen molar-refractivity contribution in [3.05, 3.63) is 95.4 Å². The number of ether oxygens (including phenoxy) is 1. The van der Waals surface area contributed by atoms with E-state index in [4.69, 9.17) is 9.15 Å². The van der Waals surface area contributed by atoms with Crippen LogP contribution in [0.1, 0.15) is 54.6 Å².